The third-order valence-electron chi connectivity index (χ3n) is 2.29. The molecule has 0 aliphatic rings. The fraction of sp³-hybridized carbons (Fsp3) is 1.00. The van der Waals surface area contributed by atoms with Gasteiger partial charge < -0.3 is 0 Å². The van der Waals surface area contributed by atoms with Crippen LogP contribution in [0.1, 0.15) is 19.3 Å². The van der Waals surface area contributed by atoms with E-state index in [1.165, 1.54) is 34.8 Å². The van der Waals surface area contributed by atoms with Gasteiger partial charge in [-0.25, -0.2) is 0 Å². The Labute approximate surface area is 90.6 Å². The van der Waals surface area contributed by atoms with Crippen molar-refractivity contribution in [1.29, 1.82) is 0 Å². The molecule has 0 N–H and O–H groups in total. The van der Waals surface area contributed by atoms with Crippen LogP contribution >= 0.6 is 0 Å². The molecule has 0 saturated heterocycles. The summed E-state index contributed by atoms with van der Waals surface area (Å²) < 4.78 is 0. The fourth-order valence-corrected chi connectivity index (χ4v) is 9.55. The number of rotatable bonds is 8. The summed E-state index contributed by atoms with van der Waals surface area (Å²) in [7, 11) is 1.02. The second-order valence-electron chi connectivity index (χ2n) is 4.47. The molecule has 0 aliphatic carbocycles. The van der Waals surface area contributed by atoms with Crippen molar-refractivity contribution in [3.63, 3.8) is 0 Å². The van der Waals surface area contributed by atoms with E-state index in [4.69, 9.17) is 0 Å². The lowest BCUT2D eigenvalue weighted by molar-refractivity contribution is 0.763. The lowest BCUT2D eigenvalue weighted by atomic mass is 10.3. The van der Waals surface area contributed by atoms with Crippen LogP contribution < -0.4 is 0 Å². The van der Waals surface area contributed by atoms with Gasteiger partial charge in [0, 0.05) is 27.1 Å². The van der Waals surface area contributed by atoms with Crippen molar-refractivity contribution < 1.29 is 0 Å². The van der Waals surface area contributed by atoms with Crippen LogP contribution in [0.2, 0.25) is 43.9 Å². The first kappa shape index (κ1) is 13.7. The normalized spacial score (nSPS) is 11.5. The molecule has 3 heteroatoms. The highest BCUT2D eigenvalue weighted by molar-refractivity contribution is 6.75. The van der Waals surface area contributed by atoms with Crippen molar-refractivity contribution in [1.82, 2.24) is 0 Å². The van der Waals surface area contributed by atoms with Gasteiger partial charge in [-0.15, -0.1) is 0 Å². The van der Waals surface area contributed by atoms with Crippen LogP contribution in [-0.4, -0.2) is 27.1 Å². The SMILES string of the molecule is C[Si]CCCCC[Si](C)C[SiH](C)C. The summed E-state index contributed by atoms with van der Waals surface area (Å²) in [6.45, 7) is 9.84. The maximum absolute atomic E-state index is 2.54. The quantitative estimate of drug-likeness (QED) is 0.442. The standard InChI is InChI=1S/C10H25Si3/c1-11-8-6-5-7-9-13(4)10-12(2)3/h12H,5-10H2,1-4H3. The predicted octanol–water partition coefficient (Wildman–Crippen LogP) is 3.48. The van der Waals surface area contributed by atoms with Gasteiger partial charge in [-0.05, 0) is 0 Å². The highest BCUT2D eigenvalue weighted by atomic mass is 28.3. The third-order valence-corrected chi connectivity index (χ3v) is 10.4. The molecule has 0 heterocycles. The summed E-state index contributed by atoms with van der Waals surface area (Å²) in [5.41, 5.74) is 1.65. The first-order chi connectivity index (χ1) is 6.16. The van der Waals surface area contributed by atoms with Crippen molar-refractivity contribution in [3.05, 3.63) is 0 Å². The molecule has 0 aromatic carbocycles. The van der Waals surface area contributed by atoms with Crippen molar-refractivity contribution in [2.75, 3.05) is 0 Å². The van der Waals surface area contributed by atoms with E-state index in [0.29, 0.717) is 0 Å². The van der Waals surface area contributed by atoms with Gasteiger partial charge in [0.2, 0.25) is 0 Å². The number of hydrogen-bond acceptors (Lipinski definition) is 0. The summed E-state index contributed by atoms with van der Waals surface area (Å²) in [6.07, 6.45) is 4.52. The fourth-order valence-electron chi connectivity index (χ4n) is 1.70. The van der Waals surface area contributed by atoms with Crippen molar-refractivity contribution in [2.24, 2.45) is 0 Å². The summed E-state index contributed by atoms with van der Waals surface area (Å²) in [4.78, 5) is 0. The van der Waals surface area contributed by atoms with E-state index >= 15 is 0 Å². The van der Waals surface area contributed by atoms with Crippen LogP contribution in [0.5, 0.6) is 0 Å². The van der Waals surface area contributed by atoms with Gasteiger partial charge in [-0.3, -0.25) is 0 Å². The Bertz CT molecular complexity index is 104. The Morgan fingerprint density at radius 2 is 1.85 bits per heavy atom. The van der Waals surface area contributed by atoms with Crippen LogP contribution in [0, 0.1) is 0 Å². The van der Waals surface area contributed by atoms with Crippen LogP contribution in [0.4, 0.5) is 0 Å². The molecule has 0 fully saturated rings. The molecule has 0 aromatic rings. The van der Waals surface area contributed by atoms with Crippen LogP contribution in [0.15, 0.2) is 0 Å². The Morgan fingerprint density at radius 1 is 1.15 bits per heavy atom. The molecule has 0 aromatic heterocycles. The van der Waals surface area contributed by atoms with E-state index in [0.717, 1.165) is 0 Å². The second kappa shape index (κ2) is 9.22. The average Bonchev–Trinajstić information content (AvgIpc) is 2.02. The monoisotopic (exact) mass is 229 g/mol. The molecule has 0 saturated carbocycles. The number of unbranched alkanes of at least 4 members (excludes halogenated alkanes) is 2. The molecule has 0 unspecified atom stereocenters. The molecule has 0 rings (SSSR count). The molecule has 0 bridgehead atoms. The van der Waals surface area contributed by atoms with Gasteiger partial charge in [0.05, 0.1) is 0 Å². The van der Waals surface area contributed by atoms with Crippen LogP contribution in [0.25, 0.3) is 0 Å². The topological polar surface area (TPSA) is 0 Å². The lowest BCUT2D eigenvalue weighted by Gasteiger charge is -2.10. The summed E-state index contributed by atoms with van der Waals surface area (Å²) in [6, 6.07) is 3.06. The van der Waals surface area contributed by atoms with E-state index in [-0.39, 0.29) is 17.6 Å². The first-order valence-corrected chi connectivity index (χ1v) is 12.9. The molecule has 0 spiro atoms. The molecule has 3 radical (unpaired) electrons. The minimum absolute atomic E-state index is 0.0878. The predicted molar refractivity (Wildman–Crippen MR) is 70.4 cm³/mol. The molecule has 0 nitrogen and oxygen atoms in total. The summed E-state index contributed by atoms with van der Waals surface area (Å²) in [5.74, 6) is 0. The zero-order valence-corrected chi connectivity index (χ0v) is 13.0. The molecule has 0 aliphatic heterocycles. The lowest BCUT2D eigenvalue weighted by Crippen LogP contribution is -2.15. The van der Waals surface area contributed by atoms with Crippen LogP contribution in [-0.2, 0) is 0 Å². The van der Waals surface area contributed by atoms with Gasteiger partial charge in [-0.2, -0.15) is 0 Å². The Morgan fingerprint density at radius 3 is 2.38 bits per heavy atom. The zero-order valence-electron chi connectivity index (χ0n) is 9.82. The van der Waals surface area contributed by atoms with Gasteiger partial charge in [0.15, 0.2) is 0 Å². The third kappa shape index (κ3) is 10.6. The molecule has 13 heavy (non-hydrogen) atoms. The molecule has 0 amide bonds. The molecule has 77 valence electrons. The van der Waals surface area contributed by atoms with E-state index in [9.17, 15) is 0 Å². The minimum Gasteiger partial charge on any atom is -0.0733 e. The Balaban J connectivity index is 3.12. The summed E-state index contributed by atoms with van der Waals surface area (Å²) >= 11 is 0. The van der Waals surface area contributed by atoms with Crippen molar-refractivity contribution in [2.45, 2.75) is 63.2 Å². The smallest absolute Gasteiger partial charge is 0.0415 e. The minimum atomic E-state index is -0.247. The van der Waals surface area contributed by atoms with Crippen molar-refractivity contribution in [3.8, 4) is 0 Å². The van der Waals surface area contributed by atoms with E-state index < -0.39 is 0 Å². The number of hydrogen-bond donors (Lipinski definition) is 0. The molecular formula is C10H25Si3. The van der Waals surface area contributed by atoms with E-state index in [1.54, 1.807) is 11.7 Å². The van der Waals surface area contributed by atoms with E-state index in [2.05, 4.69) is 26.2 Å². The zero-order chi connectivity index (χ0) is 10.1. The highest BCUT2D eigenvalue weighted by Gasteiger charge is 2.06. The Hall–Kier alpha value is 0.651. The summed E-state index contributed by atoms with van der Waals surface area (Å²) in [5, 5.41) is 0. The molecule has 0 atom stereocenters. The second-order valence-corrected chi connectivity index (χ2v) is 12.5. The highest BCUT2D eigenvalue weighted by Crippen LogP contribution is 2.10. The maximum atomic E-state index is 2.54. The van der Waals surface area contributed by atoms with Gasteiger partial charge in [0.25, 0.3) is 0 Å². The largest absolute Gasteiger partial charge is 0.0733 e. The van der Waals surface area contributed by atoms with E-state index in [1.807, 2.05) is 0 Å². The molecular weight excluding hydrogens is 204 g/mol. The first-order valence-electron chi connectivity index (χ1n) is 5.62. The average molecular weight is 230 g/mol. The van der Waals surface area contributed by atoms with Gasteiger partial charge in [0.1, 0.15) is 0 Å². The maximum Gasteiger partial charge on any atom is 0.0415 e. The Kier molecular flexibility index (Phi) is 9.68. The van der Waals surface area contributed by atoms with Gasteiger partial charge in [-0.1, -0.05) is 63.2 Å². The van der Waals surface area contributed by atoms with Gasteiger partial charge >= 0.3 is 0 Å². The van der Waals surface area contributed by atoms with Crippen molar-refractivity contribution >= 4 is 27.1 Å². The van der Waals surface area contributed by atoms with Crippen LogP contribution in [0.3, 0.4) is 0 Å².